The molecule has 25 heavy (non-hydrogen) atoms. The highest BCUT2D eigenvalue weighted by atomic mass is 16.5. The van der Waals surface area contributed by atoms with Crippen molar-refractivity contribution in [2.45, 2.75) is 32.6 Å². The van der Waals surface area contributed by atoms with Crippen LogP contribution in [-0.2, 0) is 16.0 Å². The second-order valence-electron chi connectivity index (χ2n) is 6.36. The number of hydrogen-bond donors (Lipinski definition) is 1. The van der Waals surface area contributed by atoms with Gasteiger partial charge in [0, 0.05) is 32.5 Å². The highest BCUT2D eigenvalue weighted by Gasteiger charge is 2.24. The van der Waals surface area contributed by atoms with Crippen molar-refractivity contribution in [3.63, 3.8) is 0 Å². The lowest BCUT2D eigenvalue weighted by Crippen LogP contribution is -2.41. The molecule has 1 aliphatic carbocycles. The zero-order valence-electron chi connectivity index (χ0n) is 15.3. The van der Waals surface area contributed by atoms with Crippen LogP contribution in [0, 0.1) is 5.92 Å². The molecule has 0 saturated heterocycles. The molecule has 1 saturated carbocycles. The predicted molar refractivity (Wildman–Crippen MR) is 95.9 cm³/mol. The highest BCUT2D eigenvalue weighted by molar-refractivity contribution is 5.79. The molecular formula is C19H28N2O4. The van der Waals surface area contributed by atoms with Crippen LogP contribution < -0.4 is 14.8 Å². The summed E-state index contributed by atoms with van der Waals surface area (Å²) in [6.45, 7) is 3.19. The number of nitrogens with one attached hydrogen (secondary N) is 1. The van der Waals surface area contributed by atoms with E-state index in [0.29, 0.717) is 31.1 Å². The Balaban J connectivity index is 1.82. The average Bonchev–Trinajstić information content (AvgIpc) is 2.55. The molecule has 0 spiro atoms. The maximum atomic E-state index is 11.8. The normalized spacial score (nSPS) is 13.7. The van der Waals surface area contributed by atoms with Crippen molar-refractivity contribution < 1.29 is 19.1 Å². The lowest BCUT2D eigenvalue weighted by atomic mass is 9.85. The molecule has 1 aliphatic rings. The molecule has 0 heterocycles. The van der Waals surface area contributed by atoms with Crippen LogP contribution in [-0.4, -0.2) is 50.6 Å². The van der Waals surface area contributed by atoms with Crippen LogP contribution in [0.25, 0.3) is 0 Å². The minimum absolute atomic E-state index is 0.0124. The number of hydrogen-bond acceptors (Lipinski definition) is 4. The van der Waals surface area contributed by atoms with E-state index in [1.54, 1.807) is 26.0 Å². The van der Waals surface area contributed by atoms with Crippen LogP contribution in [0.2, 0.25) is 0 Å². The summed E-state index contributed by atoms with van der Waals surface area (Å²) in [5.74, 6) is 1.68. The Morgan fingerprint density at radius 3 is 2.44 bits per heavy atom. The fourth-order valence-corrected chi connectivity index (χ4v) is 2.86. The Morgan fingerprint density at radius 1 is 1.16 bits per heavy atom. The molecule has 0 radical (unpaired) electrons. The first-order valence-corrected chi connectivity index (χ1v) is 8.79. The van der Waals surface area contributed by atoms with Gasteiger partial charge in [-0.2, -0.15) is 0 Å². The summed E-state index contributed by atoms with van der Waals surface area (Å²) in [7, 11) is 3.21. The van der Waals surface area contributed by atoms with Gasteiger partial charge in [0.1, 0.15) is 0 Å². The molecule has 6 nitrogen and oxygen atoms in total. The van der Waals surface area contributed by atoms with Gasteiger partial charge in [0.05, 0.1) is 14.2 Å². The maximum absolute atomic E-state index is 11.8. The molecule has 6 heteroatoms. The number of amides is 2. The van der Waals surface area contributed by atoms with Crippen molar-refractivity contribution >= 4 is 11.8 Å². The second kappa shape index (κ2) is 9.30. The summed E-state index contributed by atoms with van der Waals surface area (Å²) in [5, 5.41) is 2.93. The van der Waals surface area contributed by atoms with E-state index in [1.807, 2.05) is 18.2 Å². The van der Waals surface area contributed by atoms with Gasteiger partial charge in [0.2, 0.25) is 11.8 Å². The van der Waals surface area contributed by atoms with E-state index < -0.39 is 0 Å². The SMILES string of the molecule is COc1ccc(CCN(CCNC(=O)C2CCC2)C(C)=O)cc1OC. The molecule has 0 aromatic heterocycles. The Kier molecular flexibility index (Phi) is 7.10. The summed E-state index contributed by atoms with van der Waals surface area (Å²) in [6.07, 6.45) is 3.84. The van der Waals surface area contributed by atoms with Crippen molar-refractivity contribution in [3.8, 4) is 11.5 Å². The van der Waals surface area contributed by atoms with Crippen molar-refractivity contribution in [2.24, 2.45) is 5.92 Å². The molecule has 1 fully saturated rings. The van der Waals surface area contributed by atoms with Crippen LogP contribution in [0.3, 0.4) is 0 Å². The number of benzene rings is 1. The van der Waals surface area contributed by atoms with E-state index in [0.717, 1.165) is 31.2 Å². The van der Waals surface area contributed by atoms with E-state index >= 15 is 0 Å². The summed E-state index contributed by atoms with van der Waals surface area (Å²) in [5.41, 5.74) is 1.07. The first-order valence-electron chi connectivity index (χ1n) is 8.79. The highest BCUT2D eigenvalue weighted by Crippen LogP contribution is 2.28. The molecule has 0 unspecified atom stereocenters. The number of nitrogens with zero attached hydrogens (tertiary/aromatic N) is 1. The Labute approximate surface area is 149 Å². The summed E-state index contributed by atoms with van der Waals surface area (Å²) in [4.78, 5) is 25.4. The van der Waals surface area contributed by atoms with Gasteiger partial charge in [-0.15, -0.1) is 0 Å². The van der Waals surface area contributed by atoms with Gasteiger partial charge >= 0.3 is 0 Å². The predicted octanol–water partition coefficient (Wildman–Crippen LogP) is 2.01. The van der Waals surface area contributed by atoms with Crippen LogP contribution in [0.15, 0.2) is 18.2 Å². The van der Waals surface area contributed by atoms with Crippen LogP contribution in [0.4, 0.5) is 0 Å². The minimum Gasteiger partial charge on any atom is -0.493 e. The van der Waals surface area contributed by atoms with Crippen molar-refractivity contribution in [1.82, 2.24) is 10.2 Å². The minimum atomic E-state index is 0.0124. The molecular weight excluding hydrogens is 320 g/mol. The van der Waals surface area contributed by atoms with Crippen molar-refractivity contribution in [2.75, 3.05) is 33.9 Å². The lowest BCUT2D eigenvalue weighted by molar-refractivity contribution is -0.130. The molecule has 1 aromatic carbocycles. The third-order valence-electron chi connectivity index (χ3n) is 4.72. The lowest BCUT2D eigenvalue weighted by Gasteiger charge is -2.26. The number of ether oxygens (including phenoxy) is 2. The van der Waals surface area contributed by atoms with Gasteiger partial charge in [-0.3, -0.25) is 9.59 Å². The second-order valence-corrected chi connectivity index (χ2v) is 6.36. The fraction of sp³-hybridized carbons (Fsp3) is 0.579. The molecule has 0 atom stereocenters. The van der Waals surface area contributed by atoms with Gasteiger partial charge in [-0.05, 0) is 37.0 Å². The van der Waals surface area contributed by atoms with Crippen LogP contribution >= 0.6 is 0 Å². The van der Waals surface area contributed by atoms with Crippen LogP contribution in [0.5, 0.6) is 11.5 Å². The number of methoxy groups -OCH3 is 2. The zero-order valence-corrected chi connectivity index (χ0v) is 15.3. The smallest absolute Gasteiger partial charge is 0.223 e. The quantitative estimate of drug-likeness (QED) is 0.741. The van der Waals surface area contributed by atoms with E-state index in [1.165, 1.54) is 0 Å². The molecule has 2 amide bonds. The van der Waals surface area contributed by atoms with Gasteiger partial charge in [-0.1, -0.05) is 12.5 Å². The van der Waals surface area contributed by atoms with E-state index in [-0.39, 0.29) is 17.7 Å². The third kappa shape index (κ3) is 5.37. The number of rotatable bonds is 9. The van der Waals surface area contributed by atoms with E-state index in [2.05, 4.69) is 5.32 Å². The van der Waals surface area contributed by atoms with E-state index in [9.17, 15) is 9.59 Å². The largest absolute Gasteiger partial charge is 0.493 e. The third-order valence-corrected chi connectivity index (χ3v) is 4.72. The first kappa shape index (κ1) is 19.1. The molecule has 2 rings (SSSR count). The molecule has 0 bridgehead atoms. The van der Waals surface area contributed by atoms with Gasteiger partial charge in [0.25, 0.3) is 0 Å². The maximum Gasteiger partial charge on any atom is 0.223 e. The van der Waals surface area contributed by atoms with Crippen molar-refractivity contribution in [1.29, 1.82) is 0 Å². The molecule has 1 N–H and O–H groups in total. The first-order chi connectivity index (χ1) is 12.0. The molecule has 1 aromatic rings. The van der Waals surface area contributed by atoms with Gasteiger partial charge < -0.3 is 19.7 Å². The zero-order chi connectivity index (χ0) is 18.2. The Morgan fingerprint density at radius 2 is 1.88 bits per heavy atom. The van der Waals surface area contributed by atoms with Crippen molar-refractivity contribution in [3.05, 3.63) is 23.8 Å². The van der Waals surface area contributed by atoms with Crippen LogP contribution in [0.1, 0.15) is 31.7 Å². The summed E-state index contributed by atoms with van der Waals surface area (Å²) in [6, 6.07) is 5.76. The molecule has 138 valence electrons. The van der Waals surface area contributed by atoms with Gasteiger partial charge in [-0.25, -0.2) is 0 Å². The monoisotopic (exact) mass is 348 g/mol. The Bertz CT molecular complexity index is 599. The topological polar surface area (TPSA) is 67.9 Å². The standard InChI is InChI=1S/C19H28N2O4/c1-14(22)21(12-10-20-19(23)16-5-4-6-16)11-9-15-7-8-17(24-2)18(13-15)25-3/h7-8,13,16H,4-6,9-12H2,1-3H3,(H,20,23). The summed E-state index contributed by atoms with van der Waals surface area (Å²) >= 11 is 0. The molecule has 0 aliphatic heterocycles. The van der Waals surface area contributed by atoms with Gasteiger partial charge in [0.15, 0.2) is 11.5 Å². The summed E-state index contributed by atoms with van der Waals surface area (Å²) < 4.78 is 10.5. The Hall–Kier alpha value is -2.24. The number of carbonyl (C=O) groups is 2. The number of carbonyl (C=O) groups excluding carboxylic acids is 2. The fourth-order valence-electron chi connectivity index (χ4n) is 2.86. The average molecular weight is 348 g/mol. The van der Waals surface area contributed by atoms with E-state index in [4.69, 9.17) is 9.47 Å².